The molecule has 1 N–H and O–H groups in total. The molecule has 4 heteroatoms. The zero-order valence-corrected chi connectivity index (χ0v) is 13.1. The lowest BCUT2D eigenvalue weighted by Gasteiger charge is -2.28. The minimum Gasteiger partial charge on any atom is -0.306 e. The van der Waals surface area contributed by atoms with E-state index in [1.165, 1.54) is 5.56 Å². The summed E-state index contributed by atoms with van der Waals surface area (Å²) in [5.41, 5.74) is 0.856. The van der Waals surface area contributed by atoms with E-state index >= 15 is 0 Å². The minimum atomic E-state index is -0.445. The number of nitriles is 1. The molecule has 0 saturated heterocycles. The van der Waals surface area contributed by atoms with Crippen LogP contribution in [0, 0.1) is 11.3 Å². The molecule has 110 valence electrons. The van der Waals surface area contributed by atoms with E-state index in [1.807, 2.05) is 31.5 Å². The number of hydrogen-bond donors (Lipinski definition) is 1. The maximum Gasteiger partial charge on any atom is 0.105 e. The van der Waals surface area contributed by atoms with Crippen LogP contribution >= 0.6 is 0 Å². The lowest BCUT2D eigenvalue weighted by atomic mass is 9.98. The van der Waals surface area contributed by atoms with E-state index in [9.17, 15) is 5.26 Å². The summed E-state index contributed by atoms with van der Waals surface area (Å²) in [7, 11) is 2.11. The Morgan fingerprint density at radius 1 is 1.35 bits per heavy atom. The molecule has 0 aliphatic rings. The van der Waals surface area contributed by atoms with Gasteiger partial charge < -0.3 is 4.90 Å². The Morgan fingerprint density at radius 2 is 2.00 bits per heavy atom. The Hall–Kier alpha value is -1.44. The summed E-state index contributed by atoms with van der Waals surface area (Å²) >= 11 is 0. The molecule has 1 aromatic rings. The average Bonchev–Trinajstić information content (AvgIpc) is 2.43. The number of hydrogen-bond acceptors (Lipinski definition) is 4. The maximum absolute atomic E-state index is 9.32. The summed E-state index contributed by atoms with van der Waals surface area (Å²) in [6.07, 6.45) is 5.50. The van der Waals surface area contributed by atoms with Crippen LogP contribution in [-0.2, 0) is 6.42 Å². The first-order valence-electron chi connectivity index (χ1n) is 7.21. The zero-order chi connectivity index (χ0) is 15.0. The largest absolute Gasteiger partial charge is 0.306 e. The molecule has 1 unspecified atom stereocenters. The monoisotopic (exact) mass is 274 g/mol. The van der Waals surface area contributed by atoms with Crippen molar-refractivity contribution in [2.75, 3.05) is 20.1 Å². The standard InChI is InChI=1S/C16H26N4/c1-14(2)19-16(3,13-17)8-12-20(4)11-7-15-5-9-18-10-6-15/h5-6,9-10,14,19H,7-8,11-12H2,1-4H3. The first-order chi connectivity index (χ1) is 9.45. The first-order valence-corrected chi connectivity index (χ1v) is 7.21. The third-order valence-electron chi connectivity index (χ3n) is 3.38. The van der Waals surface area contributed by atoms with Gasteiger partial charge in [-0.3, -0.25) is 10.3 Å². The molecule has 0 amide bonds. The number of nitrogens with one attached hydrogen (secondary N) is 1. The fourth-order valence-electron chi connectivity index (χ4n) is 2.19. The normalized spacial score (nSPS) is 14.2. The van der Waals surface area contributed by atoms with Gasteiger partial charge in [-0.05, 0) is 58.4 Å². The molecule has 1 aromatic heterocycles. The quantitative estimate of drug-likeness (QED) is 0.790. The second-order valence-electron chi connectivity index (χ2n) is 5.90. The molecule has 0 saturated carbocycles. The van der Waals surface area contributed by atoms with Gasteiger partial charge in [0.15, 0.2) is 0 Å². The van der Waals surface area contributed by atoms with E-state index < -0.39 is 5.54 Å². The van der Waals surface area contributed by atoms with Gasteiger partial charge in [0.1, 0.15) is 5.54 Å². The van der Waals surface area contributed by atoms with Crippen LogP contribution in [-0.4, -0.2) is 41.6 Å². The summed E-state index contributed by atoms with van der Waals surface area (Å²) in [6.45, 7) is 8.03. The van der Waals surface area contributed by atoms with Crippen molar-refractivity contribution in [1.29, 1.82) is 5.26 Å². The van der Waals surface area contributed by atoms with Crippen molar-refractivity contribution in [2.24, 2.45) is 0 Å². The number of likely N-dealkylation sites (N-methyl/N-ethyl adjacent to an activating group) is 1. The van der Waals surface area contributed by atoms with Crippen molar-refractivity contribution < 1.29 is 0 Å². The molecule has 1 heterocycles. The van der Waals surface area contributed by atoms with Gasteiger partial charge in [-0.2, -0.15) is 5.26 Å². The smallest absolute Gasteiger partial charge is 0.105 e. The summed E-state index contributed by atoms with van der Waals surface area (Å²) in [6, 6.07) is 6.81. The number of pyridine rings is 1. The summed E-state index contributed by atoms with van der Waals surface area (Å²) < 4.78 is 0. The lowest BCUT2D eigenvalue weighted by Crippen LogP contribution is -2.46. The summed E-state index contributed by atoms with van der Waals surface area (Å²) in [4.78, 5) is 6.30. The van der Waals surface area contributed by atoms with Gasteiger partial charge in [0.2, 0.25) is 0 Å². The number of aromatic nitrogens is 1. The molecule has 0 bridgehead atoms. The molecular formula is C16H26N4. The van der Waals surface area contributed by atoms with Gasteiger partial charge in [0, 0.05) is 31.5 Å². The fraction of sp³-hybridized carbons (Fsp3) is 0.625. The molecular weight excluding hydrogens is 248 g/mol. The molecule has 0 spiro atoms. The fourth-order valence-corrected chi connectivity index (χ4v) is 2.19. The highest BCUT2D eigenvalue weighted by Crippen LogP contribution is 2.10. The van der Waals surface area contributed by atoms with Crippen LogP contribution in [0.4, 0.5) is 0 Å². The van der Waals surface area contributed by atoms with Gasteiger partial charge in [-0.15, -0.1) is 0 Å². The second kappa shape index (κ2) is 7.98. The SMILES string of the molecule is CC(C)NC(C)(C#N)CCN(C)CCc1ccncc1. The van der Waals surface area contributed by atoms with Gasteiger partial charge >= 0.3 is 0 Å². The van der Waals surface area contributed by atoms with Crippen molar-refractivity contribution in [2.45, 2.75) is 45.2 Å². The Labute approximate surface area is 122 Å². The van der Waals surface area contributed by atoms with Crippen molar-refractivity contribution in [3.63, 3.8) is 0 Å². The van der Waals surface area contributed by atoms with E-state index in [1.54, 1.807) is 0 Å². The van der Waals surface area contributed by atoms with E-state index in [0.717, 1.165) is 25.9 Å². The molecule has 1 atom stereocenters. The van der Waals surface area contributed by atoms with E-state index in [2.05, 4.69) is 42.2 Å². The Morgan fingerprint density at radius 3 is 2.55 bits per heavy atom. The minimum absolute atomic E-state index is 0.321. The van der Waals surface area contributed by atoms with Crippen molar-refractivity contribution in [1.82, 2.24) is 15.2 Å². The molecule has 0 aromatic carbocycles. The third kappa shape index (κ3) is 6.14. The van der Waals surface area contributed by atoms with Crippen molar-refractivity contribution >= 4 is 0 Å². The van der Waals surface area contributed by atoms with Crippen LogP contribution in [0.25, 0.3) is 0 Å². The van der Waals surface area contributed by atoms with Crippen LogP contribution in [0.2, 0.25) is 0 Å². The molecule has 1 rings (SSSR count). The highest BCUT2D eigenvalue weighted by molar-refractivity contribution is 5.10. The Balaban J connectivity index is 2.35. The van der Waals surface area contributed by atoms with E-state index in [0.29, 0.717) is 6.04 Å². The van der Waals surface area contributed by atoms with Gasteiger partial charge in [0.05, 0.1) is 6.07 Å². The topological polar surface area (TPSA) is 52.0 Å². The molecule has 0 fully saturated rings. The lowest BCUT2D eigenvalue weighted by molar-refractivity contribution is 0.282. The van der Waals surface area contributed by atoms with Gasteiger partial charge in [-0.25, -0.2) is 0 Å². The summed E-state index contributed by atoms with van der Waals surface area (Å²) in [5.74, 6) is 0. The number of rotatable bonds is 8. The molecule has 4 nitrogen and oxygen atoms in total. The summed E-state index contributed by atoms with van der Waals surface area (Å²) in [5, 5.41) is 12.7. The molecule has 0 radical (unpaired) electrons. The predicted octanol–water partition coefficient (Wildman–Crippen LogP) is 2.23. The van der Waals surface area contributed by atoms with E-state index in [-0.39, 0.29) is 0 Å². The van der Waals surface area contributed by atoms with Crippen LogP contribution in [0.5, 0.6) is 0 Å². The van der Waals surface area contributed by atoms with Gasteiger partial charge in [0.25, 0.3) is 0 Å². The maximum atomic E-state index is 9.32. The highest BCUT2D eigenvalue weighted by Gasteiger charge is 2.24. The highest BCUT2D eigenvalue weighted by atomic mass is 15.1. The first kappa shape index (κ1) is 16.6. The van der Waals surface area contributed by atoms with Gasteiger partial charge in [-0.1, -0.05) is 0 Å². The van der Waals surface area contributed by atoms with Crippen molar-refractivity contribution in [3.05, 3.63) is 30.1 Å². The van der Waals surface area contributed by atoms with Crippen LogP contribution in [0.3, 0.4) is 0 Å². The van der Waals surface area contributed by atoms with Crippen LogP contribution in [0.1, 0.15) is 32.8 Å². The third-order valence-corrected chi connectivity index (χ3v) is 3.38. The number of nitrogens with zero attached hydrogens (tertiary/aromatic N) is 3. The van der Waals surface area contributed by atoms with Crippen molar-refractivity contribution in [3.8, 4) is 6.07 Å². The molecule has 0 aliphatic heterocycles. The molecule has 0 aliphatic carbocycles. The van der Waals surface area contributed by atoms with E-state index in [4.69, 9.17) is 0 Å². The second-order valence-corrected chi connectivity index (χ2v) is 5.90. The van der Waals surface area contributed by atoms with Crippen LogP contribution in [0.15, 0.2) is 24.5 Å². The Kier molecular flexibility index (Phi) is 6.63. The zero-order valence-electron chi connectivity index (χ0n) is 13.1. The molecule has 20 heavy (non-hydrogen) atoms. The Bertz CT molecular complexity index is 424. The average molecular weight is 274 g/mol. The van der Waals surface area contributed by atoms with Crippen LogP contribution < -0.4 is 5.32 Å². The predicted molar refractivity (Wildman–Crippen MR) is 82.3 cm³/mol.